The SMILES string of the molecule is Cl.Cl.N.NC1(CCCn2ccnc2)C=C2C=CC=CN2N1. The van der Waals surface area contributed by atoms with Crippen molar-refractivity contribution >= 4 is 24.8 Å². The van der Waals surface area contributed by atoms with Crippen molar-refractivity contribution in [3.05, 3.63) is 54.9 Å². The minimum Gasteiger partial charge on any atom is -0.344 e. The van der Waals surface area contributed by atoms with Crippen LogP contribution in [0.5, 0.6) is 0 Å². The fourth-order valence-corrected chi connectivity index (χ4v) is 2.30. The number of rotatable bonds is 4. The highest BCUT2D eigenvalue weighted by Crippen LogP contribution is 2.24. The topological polar surface area (TPSA) is 94.1 Å². The molecule has 6 nitrogen and oxygen atoms in total. The van der Waals surface area contributed by atoms with Crippen molar-refractivity contribution in [2.45, 2.75) is 25.0 Å². The van der Waals surface area contributed by atoms with Crippen LogP contribution in [-0.2, 0) is 6.54 Å². The molecule has 0 aromatic carbocycles. The highest BCUT2D eigenvalue weighted by molar-refractivity contribution is 5.85. The third-order valence-electron chi connectivity index (χ3n) is 3.19. The summed E-state index contributed by atoms with van der Waals surface area (Å²) in [7, 11) is 0. The first kappa shape index (κ1) is 19.7. The van der Waals surface area contributed by atoms with Crippen LogP contribution < -0.4 is 17.3 Å². The normalized spacial score (nSPS) is 21.8. The molecule has 1 atom stereocenters. The summed E-state index contributed by atoms with van der Waals surface area (Å²) in [6, 6.07) is 0. The summed E-state index contributed by atoms with van der Waals surface area (Å²) in [6.07, 6.45) is 17.6. The lowest BCUT2D eigenvalue weighted by Gasteiger charge is -2.26. The van der Waals surface area contributed by atoms with Crippen LogP contribution in [0, 0.1) is 0 Å². The third kappa shape index (κ3) is 4.59. The largest absolute Gasteiger partial charge is 0.344 e. The van der Waals surface area contributed by atoms with Crippen molar-refractivity contribution in [3.63, 3.8) is 0 Å². The number of fused-ring (bicyclic) bond motifs is 1. The summed E-state index contributed by atoms with van der Waals surface area (Å²) in [5, 5.41) is 1.97. The van der Waals surface area contributed by atoms with Gasteiger partial charge in [-0.1, -0.05) is 6.08 Å². The van der Waals surface area contributed by atoms with Crippen molar-refractivity contribution in [2.75, 3.05) is 0 Å². The summed E-state index contributed by atoms with van der Waals surface area (Å²) in [5.41, 5.74) is 10.3. The molecule has 118 valence electrons. The van der Waals surface area contributed by atoms with Gasteiger partial charge in [0.15, 0.2) is 0 Å². The Bertz CT molecular complexity index is 511. The van der Waals surface area contributed by atoms with Crippen molar-refractivity contribution in [3.8, 4) is 0 Å². The van der Waals surface area contributed by atoms with Crippen LogP contribution in [0.25, 0.3) is 0 Å². The highest BCUT2D eigenvalue weighted by Gasteiger charge is 2.31. The van der Waals surface area contributed by atoms with Crippen LogP contribution in [0.2, 0.25) is 0 Å². The van der Waals surface area contributed by atoms with Crippen LogP contribution in [-0.4, -0.2) is 20.2 Å². The molecule has 2 aliphatic heterocycles. The first-order valence-electron chi connectivity index (χ1n) is 6.15. The zero-order valence-corrected chi connectivity index (χ0v) is 13.3. The molecule has 8 heteroatoms. The zero-order valence-electron chi connectivity index (χ0n) is 11.7. The summed E-state index contributed by atoms with van der Waals surface area (Å²) < 4.78 is 2.07. The molecular weight excluding hydrogens is 311 g/mol. The number of allylic oxidation sites excluding steroid dienone is 3. The molecule has 6 N–H and O–H groups in total. The van der Waals surface area contributed by atoms with E-state index in [1.807, 2.05) is 35.9 Å². The first-order chi connectivity index (χ1) is 8.75. The molecule has 1 aromatic rings. The van der Waals surface area contributed by atoms with Gasteiger partial charge in [-0.05, 0) is 31.1 Å². The number of nitrogens with zero attached hydrogens (tertiary/aromatic N) is 3. The summed E-state index contributed by atoms with van der Waals surface area (Å²) in [4.78, 5) is 4.03. The number of aromatic nitrogens is 2. The van der Waals surface area contributed by atoms with E-state index in [0.29, 0.717) is 0 Å². The van der Waals surface area contributed by atoms with Crippen molar-refractivity contribution in [2.24, 2.45) is 5.73 Å². The molecule has 0 saturated heterocycles. The van der Waals surface area contributed by atoms with Gasteiger partial charge in [-0.25, -0.2) is 10.4 Å². The van der Waals surface area contributed by atoms with E-state index in [9.17, 15) is 0 Å². The van der Waals surface area contributed by atoms with Gasteiger partial charge in [-0.15, -0.1) is 24.8 Å². The van der Waals surface area contributed by atoms with E-state index in [0.717, 1.165) is 25.1 Å². The van der Waals surface area contributed by atoms with E-state index in [1.165, 1.54) is 0 Å². The molecule has 0 bridgehead atoms. The third-order valence-corrected chi connectivity index (χ3v) is 3.19. The van der Waals surface area contributed by atoms with E-state index >= 15 is 0 Å². The number of imidazole rings is 1. The number of aryl methyl sites for hydroxylation is 1. The smallest absolute Gasteiger partial charge is 0.105 e. The van der Waals surface area contributed by atoms with Crippen LogP contribution in [0.4, 0.5) is 0 Å². The molecule has 0 radical (unpaired) electrons. The van der Waals surface area contributed by atoms with Gasteiger partial charge in [0.1, 0.15) is 5.66 Å². The monoisotopic (exact) mass is 332 g/mol. The number of nitrogens with one attached hydrogen (secondary N) is 1. The van der Waals surface area contributed by atoms with Gasteiger partial charge >= 0.3 is 0 Å². The standard InChI is InChI=1S/C13H17N5.2ClH.H3N/c14-13(5-3-7-17-9-6-15-11-17)10-12-4-1-2-8-18(12)16-13;;;/h1-2,4,6,8-11,16H,3,5,7,14H2;2*1H;1H3. The number of nitrogens with two attached hydrogens (primary N) is 1. The predicted molar refractivity (Wildman–Crippen MR) is 89.2 cm³/mol. The fourth-order valence-electron chi connectivity index (χ4n) is 2.30. The Labute approximate surface area is 137 Å². The second-order valence-electron chi connectivity index (χ2n) is 4.70. The van der Waals surface area contributed by atoms with Crippen molar-refractivity contribution in [1.29, 1.82) is 0 Å². The summed E-state index contributed by atoms with van der Waals surface area (Å²) in [5.74, 6) is 0. The maximum atomic E-state index is 6.34. The predicted octanol–water partition coefficient (Wildman–Crippen LogP) is 2.11. The summed E-state index contributed by atoms with van der Waals surface area (Å²) in [6.45, 7) is 0.940. The maximum absolute atomic E-state index is 6.34. The van der Waals surface area contributed by atoms with Crippen molar-refractivity contribution in [1.82, 2.24) is 26.1 Å². The number of halogens is 2. The van der Waals surface area contributed by atoms with Gasteiger partial charge in [0.05, 0.1) is 12.0 Å². The number of hydrogen-bond donors (Lipinski definition) is 3. The van der Waals surface area contributed by atoms with Crippen LogP contribution in [0.3, 0.4) is 0 Å². The Morgan fingerprint density at radius 1 is 1.29 bits per heavy atom. The Kier molecular flexibility index (Phi) is 7.70. The Hall–Kier alpha value is -1.31. The second kappa shape index (κ2) is 8.21. The Morgan fingerprint density at radius 3 is 2.76 bits per heavy atom. The lowest BCUT2D eigenvalue weighted by atomic mass is 10.1. The molecule has 0 aliphatic carbocycles. The van der Waals surface area contributed by atoms with Crippen LogP contribution >= 0.6 is 24.8 Å². The Balaban J connectivity index is 0.00000133. The highest BCUT2D eigenvalue weighted by atomic mass is 35.5. The molecule has 0 saturated carbocycles. The number of hydrazine groups is 1. The average molecular weight is 333 g/mol. The molecular formula is C13H22Cl2N6. The second-order valence-corrected chi connectivity index (χ2v) is 4.70. The average Bonchev–Trinajstić information content (AvgIpc) is 2.95. The first-order valence-corrected chi connectivity index (χ1v) is 6.15. The van der Waals surface area contributed by atoms with E-state index in [4.69, 9.17) is 5.73 Å². The summed E-state index contributed by atoms with van der Waals surface area (Å²) >= 11 is 0. The maximum Gasteiger partial charge on any atom is 0.105 e. The molecule has 0 spiro atoms. The molecule has 21 heavy (non-hydrogen) atoms. The Morgan fingerprint density at radius 2 is 2.10 bits per heavy atom. The van der Waals surface area contributed by atoms with E-state index < -0.39 is 5.66 Å². The van der Waals surface area contributed by atoms with E-state index in [1.54, 1.807) is 6.20 Å². The van der Waals surface area contributed by atoms with Gasteiger partial charge in [0.25, 0.3) is 0 Å². The molecule has 1 unspecified atom stereocenters. The molecule has 3 heterocycles. The van der Waals surface area contributed by atoms with Crippen LogP contribution in [0.15, 0.2) is 54.9 Å². The van der Waals surface area contributed by atoms with Gasteiger partial charge in [-0.3, -0.25) is 5.01 Å². The van der Waals surface area contributed by atoms with Gasteiger partial charge in [0, 0.05) is 25.1 Å². The van der Waals surface area contributed by atoms with Crippen LogP contribution in [0.1, 0.15) is 12.8 Å². The van der Waals surface area contributed by atoms with Crippen molar-refractivity contribution < 1.29 is 0 Å². The van der Waals surface area contributed by atoms with E-state index in [-0.39, 0.29) is 31.0 Å². The zero-order chi connectivity index (χ0) is 12.4. The lowest BCUT2D eigenvalue weighted by molar-refractivity contribution is 0.255. The molecule has 1 aromatic heterocycles. The number of hydrogen-bond acceptors (Lipinski definition) is 5. The molecule has 0 fully saturated rings. The molecule has 0 amide bonds. The minimum atomic E-state index is -0.449. The van der Waals surface area contributed by atoms with Gasteiger partial charge in [0.2, 0.25) is 0 Å². The lowest BCUT2D eigenvalue weighted by Crippen LogP contribution is -2.52. The van der Waals surface area contributed by atoms with Gasteiger partial charge < -0.3 is 16.5 Å². The minimum absolute atomic E-state index is 0. The van der Waals surface area contributed by atoms with Gasteiger partial charge in [-0.2, -0.15) is 0 Å². The molecule has 3 rings (SSSR count). The fraction of sp³-hybridized carbons (Fsp3) is 0.308. The molecule has 2 aliphatic rings. The quantitative estimate of drug-likeness (QED) is 0.785. The van der Waals surface area contributed by atoms with E-state index in [2.05, 4.69) is 27.1 Å².